The van der Waals surface area contributed by atoms with Crippen molar-refractivity contribution in [1.82, 2.24) is 15.3 Å². The minimum atomic E-state index is -0.274. The van der Waals surface area contributed by atoms with Crippen LogP contribution >= 0.6 is 23.2 Å². The predicted molar refractivity (Wildman–Crippen MR) is 109 cm³/mol. The summed E-state index contributed by atoms with van der Waals surface area (Å²) in [5, 5.41) is 6.88. The lowest BCUT2D eigenvalue weighted by atomic mass is 9.87. The largest absolute Gasteiger partial charge is 0.356 e. The molecule has 4 rings (SSSR count). The number of nitrogens with one attached hydrogen (secondary N) is 4. The van der Waals surface area contributed by atoms with E-state index in [1.165, 1.54) is 5.56 Å². The SMILES string of the molecule is O=C(Nc1ccc2c(c1)C(NC(=O)c1cc(Cl)c[nH]1)CCC2)c1cc(Cl)c[nH]1. The fourth-order valence-electron chi connectivity index (χ4n) is 3.46. The number of amides is 2. The molecule has 1 aromatic carbocycles. The number of halogens is 2. The van der Waals surface area contributed by atoms with Crippen molar-refractivity contribution in [2.75, 3.05) is 5.32 Å². The first-order chi connectivity index (χ1) is 13.5. The van der Waals surface area contributed by atoms with Crippen molar-refractivity contribution in [3.8, 4) is 0 Å². The number of aromatic nitrogens is 2. The van der Waals surface area contributed by atoms with Crippen LogP contribution in [0.1, 0.15) is 51.0 Å². The zero-order valence-corrected chi connectivity index (χ0v) is 16.3. The second-order valence-corrected chi connectivity index (χ2v) is 7.62. The molecule has 3 aromatic rings. The maximum atomic E-state index is 12.5. The standard InChI is InChI=1S/C20H18Cl2N4O2/c21-12-6-17(23-9-12)19(27)25-14-5-4-11-2-1-3-16(15(11)8-14)26-20(28)18-7-13(22)10-24-18/h4-10,16,23-24H,1-3H2,(H,25,27)(H,26,28). The number of aryl methyl sites for hydroxylation is 1. The van der Waals surface area contributed by atoms with Crippen LogP contribution in [0.5, 0.6) is 0 Å². The number of carbonyl (C=O) groups is 2. The van der Waals surface area contributed by atoms with Gasteiger partial charge in [0, 0.05) is 18.1 Å². The number of fused-ring (bicyclic) bond motifs is 1. The Bertz CT molecular complexity index is 1040. The topological polar surface area (TPSA) is 89.8 Å². The second-order valence-electron chi connectivity index (χ2n) is 6.75. The number of carbonyl (C=O) groups excluding carboxylic acids is 2. The summed E-state index contributed by atoms with van der Waals surface area (Å²) >= 11 is 11.7. The average molecular weight is 417 g/mol. The summed E-state index contributed by atoms with van der Waals surface area (Å²) in [6.45, 7) is 0. The summed E-state index contributed by atoms with van der Waals surface area (Å²) in [5.41, 5.74) is 3.65. The zero-order chi connectivity index (χ0) is 19.7. The Morgan fingerprint density at radius 1 is 0.964 bits per heavy atom. The van der Waals surface area contributed by atoms with Gasteiger partial charge < -0.3 is 20.6 Å². The molecule has 2 amide bonds. The van der Waals surface area contributed by atoms with Crippen molar-refractivity contribution in [2.45, 2.75) is 25.3 Å². The van der Waals surface area contributed by atoms with Gasteiger partial charge in [-0.15, -0.1) is 0 Å². The molecule has 0 bridgehead atoms. The van der Waals surface area contributed by atoms with Crippen molar-refractivity contribution in [3.05, 3.63) is 75.3 Å². The number of rotatable bonds is 4. The number of H-pyrrole nitrogens is 2. The third kappa shape index (κ3) is 3.93. The van der Waals surface area contributed by atoms with Crippen molar-refractivity contribution < 1.29 is 9.59 Å². The quantitative estimate of drug-likeness (QED) is 0.495. The third-order valence-corrected chi connectivity index (χ3v) is 5.24. The van der Waals surface area contributed by atoms with E-state index in [1.54, 1.807) is 24.5 Å². The summed E-state index contributed by atoms with van der Waals surface area (Å²) in [5.74, 6) is -0.482. The van der Waals surface area contributed by atoms with Crippen molar-refractivity contribution >= 4 is 40.7 Å². The van der Waals surface area contributed by atoms with Crippen molar-refractivity contribution in [2.24, 2.45) is 0 Å². The highest BCUT2D eigenvalue weighted by Gasteiger charge is 2.23. The van der Waals surface area contributed by atoms with E-state index in [4.69, 9.17) is 23.2 Å². The molecular formula is C20H18Cl2N4O2. The van der Waals surface area contributed by atoms with E-state index in [9.17, 15) is 9.59 Å². The highest BCUT2D eigenvalue weighted by atomic mass is 35.5. The fourth-order valence-corrected chi connectivity index (χ4v) is 3.79. The monoisotopic (exact) mass is 416 g/mol. The van der Waals surface area contributed by atoms with Gasteiger partial charge in [0.25, 0.3) is 11.8 Å². The molecule has 28 heavy (non-hydrogen) atoms. The van der Waals surface area contributed by atoms with Crippen LogP contribution in [-0.4, -0.2) is 21.8 Å². The third-order valence-electron chi connectivity index (χ3n) is 4.81. The zero-order valence-electron chi connectivity index (χ0n) is 14.8. The molecule has 1 atom stereocenters. The maximum Gasteiger partial charge on any atom is 0.272 e. The molecular weight excluding hydrogens is 399 g/mol. The molecule has 2 aromatic heterocycles. The summed E-state index contributed by atoms with van der Waals surface area (Å²) in [7, 11) is 0. The number of anilines is 1. The number of hydrogen-bond acceptors (Lipinski definition) is 2. The van der Waals surface area contributed by atoms with Crippen LogP contribution < -0.4 is 10.6 Å². The van der Waals surface area contributed by atoms with Crippen molar-refractivity contribution in [1.29, 1.82) is 0 Å². The van der Waals surface area contributed by atoms with Gasteiger partial charge in [0.2, 0.25) is 0 Å². The summed E-state index contributed by atoms with van der Waals surface area (Å²) in [6, 6.07) is 8.82. The molecule has 144 valence electrons. The van der Waals surface area contributed by atoms with Gasteiger partial charge in [-0.25, -0.2) is 0 Å². The molecule has 1 aliphatic carbocycles. The van der Waals surface area contributed by atoms with Crippen LogP contribution in [0.2, 0.25) is 10.0 Å². The van der Waals surface area contributed by atoms with E-state index >= 15 is 0 Å². The Kier molecular flexibility index (Phi) is 5.15. The van der Waals surface area contributed by atoms with Gasteiger partial charge in [-0.05, 0) is 54.7 Å². The minimum absolute atomic E-state index is 0.130. The number of hydrogen-bond donors (Lipinski definition) is 4. The van der Waals surface area contributed by atoms with Crippen LogP contribution in [-0.2, 0) is 6.42 Å². The lowest BCUT2D eigenvalue weighted by Crippen LogP contribution is -2.31. The highest BCUT2D eigenvalue weighted by molar-refractivity contribution is 6.31. The molecule has 0 aliphatic heterocycles. The highest BCUT2D eigenvalue weighted by Crippen LogP contribution is 2.32. The normalized spacial score (nSPS) is 15.7. The van der Waals surface area contributed by atoms with Crippen LogP contribution in [0.4, 0.5) is 5.69 Å². The van der Waals surface area contributed by atoms with E-state index < -0.39 is 0 Å². The Balaban J connectivity index is 1.53. The molecule has 0 saturated heterocycles. The van der Waals surface area contributed by atoms with E-state index in [-0.39, 0.29) is 17.9 Å². The van der Waals surface area contributed by atoms with Gasteiger partial charge in [0.05, 0.1) is 16.1 Å². The number of aromatic amines is 2. The predicted octanol–water partition coefficient (Wildman–Crippen LogP) is 4.71. The molecule has 1 aliphatic rings. The van der Waals surface area contributed by atoms with Gasteiger partial charge in [-0.3, -0.25) is 9.59 Å². The van der Waals surface area contributed by atoms with Gasteiger partial charge in [0.15, 0.2) is 0 Å². The van der Waals surface area contributed by atoms with Crippen LogP contribution in [0, 0.1) is 0 Å². The van der Waals surface area contributed by atoms with E-state index in [0.717, 1.165) is 24.8 Å². The molecule has 2 heterocycles. The van der Waals surface area contributed by atoms with E-state index in [0.29, 0.717) is 27.1 Å². The number of benzene rings is 1. The molecule has 0 spiro atoms. The Hall–Kier alpha value is -2.70. The summed E-state index contributed by atoms with van der Waals surface area (Å²) < 4.78 is 0. The van der Waals surface area contributed by atoms with Crippen LogP contribution in [0.15, 0.2) is 42.7 Å². The maximum absolute atomic E-state index is 12.5. The van der Waals surface area contributed by atoms with E-state index in [1.807, 2.05) is 18.2 Å². The Morgan fingerprint density at radius 3 is 2.29 bits per heavy atom. The summed E-state index contributed by atoms with van der Waals surface area (Å²) in [4.78, 5) is 30.5. The van der Waals surface area contributed by atoms with Gasteiger partial charge in [-0.1, -0.05) is 29.3 Å². The first-order valence-corrected chi connectivity index (χ1v) is 9.68. The smallest absolute Gasteiger partial charge is 0.272 e. The molecule has 0 fully saturated rings. The van der Waals surface area contributed by atoms with Crippen molar-refractivity contribution in [3.63, 3.8) is 0 Å². The van der Waals surface area contributed by atoms with Gasteiger partial charge >= 0.3 is 0 Å². The lowest BCUT2D eigenvalue weighted by Gasteiger charge is -2.27. The van der Waals surface area contributed by atoms with Gasteiger partial charge in [0.1, 0.15) is 11.4 Å². The molecule has 6 nitrogen and oxygen atoms in total. The molecule has 8 heteroatoms. The minimum Gasteiger partial charge on any atom is -0.356 e. The van der Waals surface area contributed by atoms with Crippen LogP contribution in [0.3, 0.4) is 0 Å². The van der Waals surface area contributed by atoms with Gasteiger partial charge in [-0.2, -0.15) is 0 Å². The first-order valence-electron chi connectivity index (χ1n) is 8.92. The Labute approximate surface area is 171 Å². The fraction of sp³-hybridized carbons (Fsp3) is 0.200. The molecule has 0 saturated carbocycles. The lowest BCUT2D eigenvalue weighted by molar-refractivity contribution is 0.0927. The molecule has 4 N–H and O–H groups in total. The summed E-state index contributed by atoms with van der Waals surface area (Å²) in [6.07, 6.45) is 5.89. The second kappa shape index (κ2) is 7.73. The average Bonchev–Trinajstić information content (AvgIpc) is 3.30. The molecule has 1 unspecified atom stereocenters. The molecule has 0 radical (unpaired) electrons. The van der Waals surface area contributed by atoms with E-state index in [2.05, 4.69) is 20.6 Å². The Morgan fingerprint density at radius 2 is 1.64 bits per heavy atom. The van der Waals surface area contributed by atoms with Crippen LogP contribution in [0.25, 0.3) is 0 Å². The first kappa shape index (κ1) is 18.7.